The Bertz CT molecular complexity index is 716. The van der Waals surface area contributed by atoms with Gasteiger partial charge in [0.15, 0.2) is 0 Å². The fourth-order valence-electron chi connectivity index (χ4n) is 1.56. The van der Waals surface area contributed by atoms with Crippen LogP contribution in [0, 0.1) is 3.57 Å². The van der Waals surface area contributed by atoms with Crippen molar-refractivity contribution in [3.63, 3.8) is 0 Å². The van der Waals surface area contributed by atoms with E-state index in [0.29, 0.717) is 4.70 Å². The van der Waals surface area contributed by atoms with Crippen LogP contribution in [0.3, 0.4) is 0 Å². The van der Waals surface area contributed by atoms with E-state index >= 15 is 0 Å². The molecule has 5 heteroatoms. The Morgan fingerprint density at radius 3 is 3.13 bits per heavy atom. The Balaban J connectivity index is 2.63. The van der Waals surface area contributed by atoms with Crippen LogP contribution in [0.4, 0.5) is 0 Å². The fourth-order valence-corrected chi connectivity index (χ4v) is 3.35. The first kappa shape index (κ1) is 9.29. The Labute approximate surface area is 102 Å². The Kier molecular flexibility index (Phi) is 2.03. The lowest BCUT2D eigenvalue weighted by Crippen LogP contribution is -2.03. The highest BCUT2D eigenvalue weighted by molar-refractivity contribution is 14.1. The molecule has 3 aromatic rings. The van der Waals surface area contributed by atoms with E-state index in [9.17, 15) is 4.79 Å². The normalized spacial score (nSPS) is 11.3. The number of hydrogen-bond donors (Lipinski definition) is 1. The van der Waals surface area contributed by atoms with Gasteiger partial charge in [0.2, 0.25) is 0 Å². The fraction of sp³-hybridized carbons (Fsp3) is 0. The molecule has 0 amide bonds. The highest BCUT2D eigenvalue weighted by Crippen LogP contribution is 2.30. The van der Waals surface area contributed by atoms with Crippen molar-refractivity contribution in [1.82, 2.24) is 9.97 Å². The number of nitrogens with zero attached hydrogens (tertiary/aromatic N) is 1. The molecule has 3 nitrogen and oxygen atoms in total. The molecule has 0 spiro atoms. The molecule has 1 N–H and O–H groups in total. The van der Waals surface area contributed by atoms with Gasteiger partial charge in [-0.25, -0.2) is 4.98 Å². The van der Waals surface area contributed by atoms with E-state index in [0.717, 1.165) is 15.6 Å². The van der Waals surface area contributed by atoms with E-state index < -0.39 is 0 Å². The lowest BCUT2D eigenvalue weighted by atomic mass is 10.2. The van der Waals surface area contributed by atoms with Crippen molar-refractivity contribution in [2.24, 2.45) is 0 Å². The predicted molar refractivity (Wildman–Crippen MR) is 70.5 cm³/mol. The highest BCUT2D eigenvalue weighted by Gasteiger charge is 2.08. The first-order valence-electron chi connectivity index (χ1n) is 4.31. The zero-order valence-electron chi connectivity index (χ0n) is 7.45. The molecule has 0 aliphatic rings. The number of hydrogen-bond acceptors (Lipinski definition) is 3. The number of aromatic nitrogens is 2. The first-order valence-corrected chi connectivity index (χ1v) is 6.21. The van der Waals surface area contributed by atoms with Crippen molar-refractivity contribution < 1.29 is 0 Å². The number of benzene rings is 1. The summed E-state index contributed by atoms with van der Waals surface area (Å²) in [5, 5.41) is 1.06. The van der Waals surface area contributed by atoms with Crippen molar-refractivity contribution in [1.29, 1.82) is 0 Å². The molecular formula is C10H5IN2OS. The lowest BCUT2D eigenvalue weighted by molar-refractivity contribution is 1.18. The van der Waals surface area contributed by atoms with Crippen LogP contribution in [0.5, 0.6) is 0 Å². The number of rotatable bonds is 0. The Morgan fingerprint density at radius 2 is 2.27 bits per heavy atom. The van der Waals surface area contributed by atoms with Gasteiger partial charge in [-0.1, -0.05) is 6.07 Å². The molecule has 0 saturated carbocycles. The average molecular weight is 328 g/mol. The standard InChI is InChI=1S/C10H5IN2OS/c11-5-1-2-6-7(3-5)15-9-8(6)12-4-13-10(9)14/h1-4H,(H,12,13,14). The van der Waals surface area contributed by atoms with E-state index in [2.05, 4.69) is 38.6 Å². The van der Waals surface area contributed by atoms with Crippen molar-refractivity contribution in [2.75, 3.05) is 0 Å². The van der Waals surface area contributed by atoms with E-state index in [-0.39, 0.29) is 5.56 Å². The molecule has 0 saturated heterocycles. The van der Waals surface area contributed by atoms with Gasteiger partial charge < -0.3 is 4.98 Å². The molecule has 0 aliphatic carbocycles. The summed E-state index contributed by atoms with van der Waals surface area (Å²) in [5.41, 5.74) is 0.742. The molecule has 2 aromatic heterocycles. The number of halogens is 1. The van der Waals surface area contributed by atoms with Gasteiger partial charge in [0.05, 0.1) is 11.8 Å². The first-order chi connectivity index (χ1) is 7.25. The van der Waals surface area contributed by atoms with Crippen LogP contribution >= 0.6 is 33.9 Å². The number of nitrogens with one attached hydrogen (secondary N) is 1. The highest BCUT2D eigenvalue weighted by atomic mass is 127. The van der Waals surface area contributed by atoms with Gasteiger partial charge in [0, 0.05) is 13.7 Å². The molecule has 3 rings (SSSR count). The van der Waals surface area contributed by atoms with Gasteiger partial charge in [-0.2, -0.15) is 0 Å². The quantitative estimate of drug-likeness (QED) is 0.645. The molecule has 2 heterocycles. The maximum Gasteiger partial charge on any atom is 0.268 e. The van der Waals surface area contributed by atoms with Crippen molar-refractivity contribution >= 4 is 54.2 Å². The summed E-state index contributed by atoms with van der Waals surface area (Å²) in [4.78, 5) is 18.4. The summed E-state index contributed by atoms with van der Waals surface area (Å²) in [6, 6.07) is 6.11. The minimum atomic E-state index is -0.0591. The third-order valence-electron chi connectivity index (χ3n) is 2.22. The largest absolute Gasteiger partial charge is 0.312 e. The van der Waals surface area contributed by atoms with Crippen molar-refractivity contribution in [3.05, 3.63) is 38.5 Å². The topological polar surface area (TPSA) is 45.8 Å². The molecule has 0 aliphatic heterocycles. The minimum Gasteiger partial charge on any atom is -0.312 e. The summed E-state index contributed by atoms with van der Waals surface area (Å²) in [5.74, 6) is 0. The van der Waals surface area contributed by atoms with E-state index in [1.54, 1.807) is 0 Å². The smallest absolute Gasteiger partial charge is 0.268 e. The number of thiophene rings is 1. The number of fused-ring (bicyclic) bond motifs is 3. The van der Waals surface area contributed by atoms with E-state index in [4.69, 9.17) is 0 Å². The molecule has 74 valence electrons. The van der Waals surface area contributed by atoms with Crippen LogP contribution in [-0.2, 0) is 0 Å². The summed E-state index contributed by atoms with van der Waals surface area (Å²) in [7, 11) is 0. The molecule has 0 fully saturated rings. The summed E-state index contributed by atoms with van der Waals surface area (Å²) in [6.45, 7) is 0. The Hall–Kier alpha value is -0.950. The zero-order valence-corrected chi connectivity index (χ0v) is 10.4. The van der Waals surface area contributed by atoms with Crippen LogP contribution in [0.1, 0.15) is 0 Å². The minimum absolute atomic E-state index is 0.0591. The maximum absolute atomic E-state index is 11.5. The van der Waals surface area contributed by atoms with Crippen LogP contribution < -0.4 is 5.56 Å². The Morgan fingerprint density at radius 1 is 1.40 bits per heavy atom. The number of H-pyrrole nitrogens is 1. The van der Waals surface area contributed by atoms with E-state index in [1.165, 1.54) is 21.2 Å². The number of aromatic amines is 1. The average Bonchev–Trinajstić information content (AvgIpc) is 2.57. The van der Waals surface area contributed by atoms with Gasteiger partial charge in [0.25, 0.3) is 5.56 Å². The van der Waals surface area contributed by atoms with Gasteiger partial charge in [0.1, 0.15) is 4.70 Å². The second-order valence-corrected chi connectivity index (χ2v) is 5.45. The summed E-state index contributed by atoms with van der Waals surface area (Å²) >= 11 is 3.75. The van der Waals surface area contributed by atoms with Gasteiger partial charge in [-0.15, -0.1) is 11.3 Å². The van der Waals surface area contributed by atoms with Crippen LogP contribution in [0.15, 0.2) is 29.3 Å². The maximum atomic E-state index is 11.5. The van der Waals surface area contributed by atoms with Crippen molar-refractivity contribution in [2.45, 2.75) is 0 Å². The monoisotopic (exact) mass is 328 g/mol. The second kappa shape index (κ2) is 3.28. The zero-order chi connectivity index (χ0) is 10.4. The molecule has 0 radical (unpaired) electrons. The molecule has 0 atom stereocenters. The molecule has 0 bridgehead atoms. The van der Waals surface area contributed by atoms with Crippen molar-refractivity contribution in [3.8, 4) is 0 Å². The molecule has 15 heavy (non-hydrogen) atoms. The third-order valence-corrected chi connectivity index (χ3v) is 4.03. The molecule has 0 unspecified atom stereocenters. The summed E-state index contributed by atoms with van der Waals surface area (Å²) < 4.78 is 2.98. The second-order valence-electron chi connectivity index (χ2n) is 3.15. The summed E-state index contributed by atoms with van der Waals surface area (Å²) in [6.07, 6.45) is 1.45. The van der Waals surface area contributed by atoms with Gasteiger partial charge in [-0.05, 0) is 34.7 Å². The van der Waals surface area contributed by atoms with Gasteiger partial charge >= 0.3 is 0 Å². The van der Waals surface area contributed by atoms with Gasteiger partial charge in [-0.3, -0.25) is 4.79 Å². The molecular weight excluding hydrogens is 323 g/mol. The van der Waals surface area contributed by atoms with Crippen LogP contribution in [0.2, 0.25) is 0 Å². The van der Waals surface area contributed by atoms with E-state index in [1.807, 2.05) is 12.1 Å². The predicted octanol–water partition coefficient (Wildman–Crippen LogP) is 2.74. The van der Waals surface area contributed by atoms with Crippen LogP contribution in [-0.4, -0.2) is 9.97 Å². The SMILES string of the molecule is O=c1[nH]cnc2c1sc1cc(I)ccc12. The van der Waals surface area contributed by atoms with Crippen LogP contribution in [0.25, 0.3) is 20.3 Å². The third kappa shape index (κ3) is 1.37. The lowest BCUT2D eigenvalue weighted by Gasteiger charge is -1.90. The molecule has 1 aromatic carbocycles.